The summed E-state index contributed by atoms with van der Waals surface area (Å²) in [5.41, 5.74) is 0.396. The first kappa shape index (κ1) is 10.4. The van der Waals surface area contributed by atoms with E-state index in [1.54, 1.807) is 40.9 Å². The Morgan fingerprint density at radius 1 is 1.38 bits per heavy atom. The molecule has 0 spiro atoms. The number of rotatable bonds is 3. The van der Waals surface area contributed by atoms with Crippen LogP contribution in [0.2, 0.25) is 0 Å². The molecule has 0 unspecified atom stereocenters. The van der Waals surface area contributed by atoms with E-state index in [4.69, 9.17) is 0 Å². The summed E-state index contributed by atoms with van der Waals surface area (Å²) in [6, 6.07) is 3.41. The van der Waals surface area contributed by atoms with Gasteiger partial charge in [0.2, 0.25) is 0 Å². The van der Waals surface area contributed by atoms with E-state index >= 15 is 0 Å². The van der Waals surface area contributed by atoms with Crippen LogP contribution in [0.4, 0.5) is 5.82 Å². The molecule has 6 nitrogen and oxygen atoms in total. The maximum Gasteiger partial charge on any atom is 0.277 e. The van der Waals surface area contributed by atoms with Crippen LogP contribution >= 0.6 is 0 Å². The second kappa shape index (κ2) is 4.18. The molecule has 2 aromatic rings. The SMILES string of the molecule is CCn1ccc(C(=O)Nc2ccn(C)n2)n1. The Morgan fingerprint density at radius 3 is 2.75 bits per heavy atom. The highest BCUT2D eigenvalue weighted by Gasteiger charge is 2.10. The average Bonchev–Trinajstić information content (AvgIpc) is 2.87. The van der Waals surface area contributed by atoms with Gasteiger partial charge in [0, 0.05) is 32.1 Å². The number of amides is 1. The van der Waals surface area contributed by atoms with Crippen molar-refractivity contribution in [1.29, 1.82) is 0 Å². The zero-order valence-electron chi connectivity index (χ0n) is 9.21. The summed E-state index contributed by atoms with van der Waals surface area (Å²) in [5.74, 6) is 0.282. The maximum atomic E-state index is 11.7. The molecule has 2 rings (SSSR count). The third kappa shape index (κ3) is 2.10. The van der Waals surface area contributed by atoms with Crippen LogP contribution in [0.15, 0.2) is 24.5 Å². The molecule has 1 amide bonds. The fourth-order valence-corrected chi connectivity index (χ4v) is 1.32. The van der Waals surface area contributed by atoms with Crippen molar-refractivity contribution in [2.75, 3.05) is 5.32 Å². The zero-order valence-corrected chi connectivity index (χ0v) is 9.21. The molecule has 0 saturated heterocycles. The van der Waals surface area contributed by atoms with Gasteiger partial charge in [-0.1, -0.05) is 0 Å². The van der Waals surface area contributed by atoms with E-state index in [-0.39, 0.29) is 5.91 Å². The van der Waals surface area contributed by atoms with E-state index in [0.717, 1.165) is 6.54 Å². The number of nitrogens with one attached hydrogen (secondary N) is 1. The third-order valence-corrected chi connectivity index (χ3v) is 2.15. The molecular formula is C10H13N5O. The molecule has 1 N–H and O–H groups in total. The molecule has 6 heteroatoms. The second-order valence-corrected chi connectivity index (χ2v) is 3.39. The van der Waals surface area contributed by atoms with Crippen molar-refractivity contribution < 1.29 is 4.79 Å². The van der Waals surface area contributed by atoms with E-state index in [2.05, 4.69) is 15.5 Å². The molecule has 2 aromatic heterocycles. The maximum absolute atomic E-state index is 11.7. The molecule has 0 saturated carbocycles. The summed E-state index contributed by atoms with van der Waals surface area (Å²) in [4.78, 5) is 11.7. The first-order valence-corrected chi connectivity index (χ1v) is 5.03. The Hall–Kier alpha value is -2.11. The number of aromatic nitrogens is 4. The highest BCUT2D eigenvalue weighted by atomic mass is 16.2. The molecule has 0 atom stereocenters. The summed E-state index contributed by atoms with van der Waals surface area (Å²) in [6.07, 6.45) is 3.54. The van der Waals surface area contributed by atoms with Gasteiger partial charge in [-0.25, -0.2) is 0 Å². The van der Waals surface area contributed by atoms with Gasteiger partial charge in [0.05, 0.1) is 0 Å². The van der Waals surface area contributed by atoms with Gasteiger partial charge in [0.25, 0.3) is 5.91 Å². The highest BCUT2D eigenvalue weighted by molar-refractivity contribution is 6.02. The standard InChI is InChI=1S/C10H13N5O/c1-3-15-7-4-8(12-15)10(16)11-9-5-6-14(2)13-9/h4-7H,3H2,1-2H3,(H,11,13,16). The quantitative estimate of drug-likeness (QED) is 0.833. The predicted octanol–water partition coefficient (Wildman–Crippen LogP) is 0.889. The molecular weight excluding hydrogens is 206 g/mol. The highest BCUT2D eigenvalue weighted by Crippen LogP contribution is 2.04. The van der Waals surface area contributed by atoms with Gasteiger partial charge in [-0.15, -0.1) is 0 Å². The fraction of sp³-hybridized carbons (Fsp3) is 0.300. The van der Waals surface area contributed by atoms with E-state index in [1.807, 2.05) is 6.92 Å². The van der Waals surface area contributed by atoms with Crippen LogP contribution in [-0.2, 0) is 13.6 Å². The largest absolute Gasteiger partial charge is 0.304 e. The van der Waals surface area contributed by atoms with Crippen LogP contribution in [0.5, 0.6) is 0 Å². The number of nitrogens with zero attached hydrogens (tertiary/aromatic N) is 4. The summed E-state index contributed by atoms with van der Waals surface area (Å²) >= 11 is 0. The van der Waals surface area contributed by atoms with Gasteiger partial charge in [-0.2, -0.15) is 10.2 Å². The number of aryl methyl sites for hydroxylation is 2. The van der Waals surface area contributed by atoms with Crippen molar-refractivity contribution in [3.63, 3.8) is 0 Å². The van der Waals surface area contributed by atoms with Crippen molar-refractivity contribution in [3.8, 4) is 0 Å². The normalized spacial score (nSPS) is 10.4. The van der Waals surface area contributed by atoms with Crippen molar-refractivity contribution in [2.24, 2.45) is 7.05 Å². The molecule has 0 radical (unpaired) electrons. The van der Waals surface area contributed by atoms with Gasteiger partial charge >= 0.3 is 0 Å². The Kier molecular flexibility index (Phi) is 2.72. The lowest BCUT2D eigenvalue weighted by molar-refractivity contribution is 0.102. The first-order chi connectivity index (χ1) is 7.69. The monoisotopic (exact) mass is 219 g/mol. The second-order valence-electron chi connectivity index (χ2n) is 3.39. The minimum Gasteiger partial charge on any atom is -0.304 e. The number of carbonyl (C=O) groups is 1. The van der Waals surface area contributed by atoms with Crippen LogP contribution in [0, 0.1) is 0 Å². The Labute approximate surface area is 92.9 Å². The molecule has 0 aliphatic rings. The number of carbonyl (C=O) groups excluding carboxylic acids is 1. The van der Waals surface area contributed by atoms with E-state index in [1.165, 1.54) is 0 Å². The molecule has 0 aliphatic heterocycles. The molecule has 0 bridgehead atoms. The minimum absolute atomic E-state index is 0.245. The fourth-order valence-electron chi connectivity index (χ4n) is 1.32. The number of hydrogen-bond donors (Lipinski definition) is 1. The summed E-state index contributed by atoms with van der Waals surface area (Å²) < 4.78 is 3.33. The number of anilines is 1. The summed E-state index contributed by atoms with van der Waals surface area (Å²) in [7, 11) is 1.79. The topological polar surface area (TPSA) is 64.7 Å². The molecule has 16 heavy (non-hydrogen) atoms. The lowest BCUT2D eigenvalue weighted by Crippen LogP contribution is -2.13. The van der Waals surface area contributed by atoms with E-state index < -0.39 is 0 Å². The summed E-state index contributed by atoms with van der Waals surface area (Å²) in [6.45, 7) is 2.71. The van der Waals surface area contributed by atoms with Crippen LogP contribution in [0.1, 0.15) is 17.4 Å². The van der Waals surface area contributed by atoms with E-state index in [9.17, 15) is 4.79 Å². The zero-order chi connectivity index (χ0) is 11.5. The van der Waals surface area contributed by atoms with Crippen LogP contribution in [0.3, 0.4) is 0 Å². The molecule has 0 aromatic carbocycles. The van der Waals surface area contributed by atoms with Crippen LogP contribution in [0.25, 0.3) is 0 Å². The number of hydrogen-bond acceptors (Lipinski definition) is 3. The lowest BCUT2D eigenvalue weighted by atomic mass is 10.4. The molecule has 0 fully saturated rings. The smallest absolute Gasteiger partial charge is 0.277 e. The van der Waals surface area contributed by atoms with Crippen molar-refractivity contribution in [3.05, 3.63) is 30.2 Å². The van der Waals surface area contributed by atoms with Crippen molar-refractivity contribution >= 4 is 11.7 Å². The van der Waals surface area contributed by atoms with Gasteiger partial charge in [-0.3, -0.25) is 14.2 Å². The van der Waals surface area contributed by atoms with Gasteiger partial charge in [0.15, 0.2) is 11.5 Å². The Morgan fingerprint density at radius 2 is 2.19 bits per heavy atom. The molecule has 2 heterocycles. The van der Waals surface area contributed by atoms with Gasteiger partial charge in [-0.05, 0) is 13.0 Å². The van der Waals surface area contributed by atoms with Crippen LogP contribution in [-0.4, -0.2) is 25.5 Å². The Bertz CT molecular complexity index is 499. The predicted molar refractivity (Wildman–Crippen MR) is 59.1 cm³/mol. The van der Waals surface area contributed by atoms with Gasteiger partial charge < -0.3 is 5.32 Å². The van der Waals surface area contributed by atoms with Crippen LogP contribution < -0.4 is 5.32 Å². The minimum atomic E-state index is -0.245. The van der Waals surface area contributed by atoms with Crippen molar-refractivity contribution in [1.82, 2.24) is 19.6 Å². The summed E-state index contributed by atoms with van der Waals surface area (Å²) in [5, 5.41) is 10.8. The van der Waals surface area contributed by atoms with Crippen molar-refractivity contribution in [2.45, 2.75) is 13.5 Å². The third-order valence-electron chi connectivity index (χ3n) is 2.15. The van der Waals surface area contributed by atoms with E-state index in [0.29, 0.717) is 11.5 Å². The van der Waals surface area contributed by atoms with Gasteiger partial charge in [0.1, 0.15) is 0 Å². The lowest BCUT2D eigenvalue weighted by Gasteiger charge is -1.98. The average molecular weight is 219 g/mol. The first-order valence-electron chi connectivity index (χ1n) is 5.03. The molecule has 0 aliphatic carbocycles. The molecule has 84 valence electrons. The Balaban J connectivity index is 2.08.